The van der Waals surface area contributed by atoms with Crippen LogP contribution in [0.2, 0.25) is 5.02 Å². The lowest BCUT2D eigenvalue weighted by Gasteiger charge is -2.25. The van der Waals surface area contributed by atoms with Crippen LogP contribution in [0.1, 0.15) is 44.6 Å². The fraction of sp³-hybridized carbons (Fsp3) is 0.500. The van der Waals surface area contributed by atoms with Gasteiger partial charge in [0, 0.05) is 22.4 Å². The number of carboxylic acids is 1. The molecular weight excluding hydrogens is 309 g/mol. The number of carboxylic acid groups (broad SMARTS) is 1. The van der Waals surface area contributed by atoms with Crippen LogP contribution in [0, 0.1) is 11.7 Å². The van der Waals surface area contributed by atoms with Gasteiger partial charge in [-0.2, -0.15) is 0 Å². The molecule has 1 saturated carbocycles. The number of halogens is 2. The Morgan fingerprint density at radius 1 is 1.50 bits per heavy atom. The van der Waals surface area contributed by atoms with E-state index >= 15 is 0 Å². The molecule has 0 aliphatic heterocycles. The molecule has 0 heterocycles. The molecule has 0 saturated heterocycles. The van der Waals surface area contributed by atoms with E-state index in [1.807, 2.05) is 6.92 Å². The molecule has 2 N–H and O–H groups in total. The number of aliphatic carboxylic acids is 1. The van der Waals surface area contributed by atoms with Crippen molar-refractivity contribution in [3.63, 3.8) is 0 Å². The van der Waals surface area contributed by atoms with E-state index in [-0.39, 0.29) is 11.8 Å². The minimum absolute atomic E-state index is 0.284. The van der Waals surface area contributed by atoms with Crippen molar-refractivity contribution in [2.45, 2.75) is 44.6 Å². The zero-order chi connectivity index (χ0) is 16.5. The third-order valence-electron chi connectivity index (χ3n) is 4.12. The Morgan fingerprint density at radius 3 is 2.73 bits per heavy atom. The average molecular weight is 328 g/mol. The molecular formula is C16H19ClFNO3. The lowest BCUT2D eigenvalue weighted by molar-refractivity contribution is -0.147. The van der Waals surface area contributed by atoms with Crippen molar-refractivity contribution in [2.75, 3.05) is 0 Å². The number of carbonyl (C=O) groups excluding carboxylic acids is 1. The molecule has 1 aromatic rings. The molecule has 22 heavy (non-hydrogen) atoms. The van der Waals surface area contributed by atoms with Gasteiger partial charge >= 0.3 is 5.97 Å². The highest BCUT2D eigenvalue weighted by atomic mass is 35.5. The van der Waals surface area contributed by atoms with Crippen molar-refractivity contribution in [1.29, 1.82) is 0 Å². The van der Waals surface area contributed by atoms with Gasteiger partial charge in [-0.05, 0) is 31.9 Å². The number of benzene rings is 1. The molecule has 3 unspecified atom stereocenters. The first-order valence-electron chi connectivity index (χ1n) is 7.29. The Balaban J connectivity index is 2.09. The summed E-state index contributed by atoms with van der Waals surface area (Å²) in [7, 11) is 0. The van der Waals surface area contributed by atoms with E-state index in [1.54, 1.807) is 6.07 Å². The number of hydrogen-bond donors (Lipinski definition) is 2. The monoisotopic (exact) mass is 327 g/mol. The second-order valence-corrected chi connectivity index (χ2v) is 6.37. The van der Waals surface area contributed by atoms with Gasteiger partial charge in [0.1, 0.15) is 11.4 Å². The molecule has 1 fully saturated rings. The Hall–Kier alpha value is -1.62. The highest BCUT2D eigenvalue weighted by Crippen LogP contribution is 2.50. The van der Waals surface area contributed by atoms with Crippen molar-refractivity contribution >= 4 is 23.5 Å². The van der Waals surface area contributed by atoms with E-state index in [0.29, 0.717) is 29.8 Å². The topological polar surface area (TPSA) is 66.4 Å². The van der Waals surface area contributed by atoms with Crippen molar-refractivity contribution in [3.8, 4) is 0 Å². The van der Waals surface area contributed by atoms with Crippen LogP contribution in [-0.4, -0.2) is 22.5 Å². The molecule has 2 rings (SSSR count). The van der Waals surface area contributed by atoms with Crippen molar-refractivity contribution < 1.29 is 19.1 Å². The third-order valence-corrected chi connectivity index (χ3v) is 4.45. The van der Waals surface area contributed by atoms with E-state index in [2.05, 4.69) is 5.32 Å². The van der Waals surface area contributed by atoms with Gasteiger partial charge in [-0.3, -0.25) is 4.79 Å². The maximum atomic E-state index is 13.9. The summed E-state index contributed by atoms with van der Waals surface area (Å²) in [5.74, 6) is -2.56. The zero-order valence-electron chi connectivity index (χ0n) is 12.5. The quantitative estimate of drug-likeness (QED) is 0.842. The van der Waals surface area contributed by atoms with Gasteiger partial charge in [-0.15, -0.1) is 0 Å². The van der Waals surface area contributed by atoms with Crippen molar-refractivity contribution in [2.24, 2.45) is 5.92 Å². The van der Waals surface area contributed by atoms with Crippen molar-refractivity contribution in [1.82, 2.24) is 5.32 Å². The van der Waals surface area contributed by atoms with Crippen LogP contribution < -0.4 is 5.32 Å². The molecule has 0 bridgehead atoms. The predicted molar refractivity (Wildman–Crippen MR) is 81.3 cm³/mol. The first kappa shape index (κ1) is 16.7. The summed E-state index contributed by atoms with van der Waals surface area (Å²) in [6, 6.07) is 4.42. The van der Waals surface area contributed by atoms with E-state index in [9.17, 15) is 19.1 Å². The molecule has 3 atom stereocenters. The Morgan fingerprint density at radius 2 is 2.18 bits per heavy atom. The second kappa shape index (κ2) is 6.24. The van der Waals surface area contributed by atoms with Gasteiger partial charge in [0.15, 0.2) is 0 Å². The largest absolute Gasteiger partial charge is 0.480 e. The van der Waals surface area contributed by atoms with Gasteiger partial charge in [-0.25, -0.2) is 9.18 Å². The minimum Gasteiger partial charge on any atom is -0.480 e. The number of hydrogen-bond acceptors (Lipinski definition) is 2. The molecule has 0 radical (unpaired) electrons. The van der Waals surface area contributed by atoms with Gasteiger partial charge in [-0.1, -0.05) is 31.0 Å². The highest BCUT2D eigenvalue weighted by molar-refractivity contribution is 6.31. The van der Waals surface area contributed by atoms with Gasteiger partial charge in [0.05, 0.1) is 0 Å². The summed E-state index contributed by atoms with van der Waals surface area (Å²) in [5.41, 5.74) is -0.949. The molecule has 1 aromatic carbocycles. The third kappa shape index (κ3) is 3.24. The summed E-state index contributed by atoms with van der Waals surface area (Å²) >= 11 is 6.00. The van der Waals surface area contributed by atoms with Crippen LogP contribution in [0.15, 0.2) is 18.2 Å². The van der Waals surface area contributed by atoms with Crippen LogP contribution >= 0.6 is 11.6 Å². The second-order valence-electron chi connectivity index (χ2n) is 5.96. The number of carbonyl (C=O) groups is 2. The fourth-order valence-electron chi connectivity index (χ4n) is 2.76. The van der Waals surface area contributed by atoms with E-state index < -0.39 is 23.2 Å². The molecule has 0 aromatic heterocycles. The smallest absolute Gasteiger partial charge is 0.329 e. The first-order chi connectivity index (χ1) is 10.3. The van der Waals surface area contributed by atoms with Crippen LogP contribution in [0.3, 0.4) is 0 Å². The van der Waals surface area contributed by atoms with Crippen LogP contribution in [0.4, 0.5) is 4.39 Å². The molecule has 4 nitrogen and oxygen atoms in total. The van der Waals surface area contributed by atoms with Crippen molar-refractivity contribution in [3.05, 3.63) is 34.6 Å². The average Bonchev–Trinajstić information content (AvgIpc) is 3.18. The summed E-state index contributed by atoms with van der Waals surface area (Å²) < 4.78 is 13.9. The molecule has 1 amide bonds. The normalized spacial score (nSPS) is 22.7. The summed E-state index contributed by atoms with van der Waals surface area (Å²) in [5, 5.41) is 12.2. The lowest BCUT2D eigenvalue weighted by atomic mass is 9.96. The number of nitrogens with one attached hydrogen (secondary N) is 1. The Bertz CT molecular complexity index is 587. The predicted octanol–water partition coefficient (Wildman–Crippen LogP) is 3.34. The fourth-order valence-corrected chi connectivity index (χ4v) is 3.06. The molecule has 1 aliphatic carbocycles. The summed E-state index contributed by atoms with van der Waals surface area (Å²) in [4.78, 5) is 23.6. The zero-order valence-corrected chi connectivity index (χ0v) is 13.3. The van der Waals surface area contributed by atoms with E-state index in [0.717, 1.165) is 0 Å². The minimum atomic E-state index is -1.29. The molecule has 6 heteroatoms. The first-order valence-corrected chi connectivity index (χ1v) is 7.67. The van der Waals surface area contributed by atoms with Gasteiger partial charge < -0.3 is 10.4 Å². The maximum Gasteiger partial charge on any atom is 0.329 e. The summed E-state index contributed by atoms with van der Waals surface area (Å²) in [6.45, 7) is 3.34. The van der Waals surface area contributed by atoms with E-state index in [1.165, 1.54) is 19.1 Å². The maximum absolute atomic E-state index is 13.9. The Kier molecular flexibility index (Phi) is 4.75. The van der Waals surface area contributed by atoms with Gasteiger partial charge in [0.2, 0.25) is 5.91 Å². The van der Waals surface area contributed by atoms with Crippen LogP contribution in [0.5, 0.6) is 0 Å². The number of amides is 1. The number of rotatable bonds is 6. The van der Waals surface area contributed by atoms with Crippen LogP contribution in [0.25, 0.3) is 0 Å². The molecule has 1 aliphatic rings. The highest BCUT2D eigenvalue weighted by Gasteiger charge is 2.48. The SMILES string of the molecule is CCCC(C)(NC(=O)C1CC1c1c(F)cccc1Cl)C(=O)O. The van der Waals surface area contributed by atoms with Gasteiger partial charge in [0.25, 0.3) is 0 Å². The van der Waals surface area contributed by atoms with E-state index in [4.69, 9.17) is 11.6 Å². The molecule has 0 spiro atoms. The van der Waals surface area contributed by atoms with Crippen LogP contribution in [-0.2, 0) is 9.59 Å². The summed E-state index contributed by atoms with van der Waals surface area (Å²) in [6.07, 6.45) is 1.45. The Labute approximate surface area is 133 Å². The standard InChI is InChI=1S/C16H19ClFNO3/c1-3-7-16(2,15(21)22)19-14(20)10-8-9(10)13-11(17)5-4-6-12(13)18/h4-6,9-10H,3,7-8H2,1-2H3,(H,19,20)(H,21,22). The lowest BCUT2D eigenvalue weighted by Crippen LogP contribution is -2.52. The molecule has 120 valence electrons.